The van der Waals surface area contributed by atoms with Crippen molar-refractivity contribution in [3.63, 3.8) is 0 Å². The molecule has 2 aliphatic heterocycles. The standard InChI is InChI=1S/C27H32N6O3/c1-17(2)36-24-15-18(33-13-11-19(34)12-14-33)9-10-21(24)29-27-28-16-23-25(30-27)31(3)22-8-6-5-7-20(22)26(35)32(23)4/h5-10,15-17,19,34H,11-14H2,1-4H3,(H,28,29,30). The van der Waals surface area contributed by atoms with Gasteiger partial charge in [0.25, 0.3) is 5.91 Å². The minimum atomic E-state index is -0.224. The third kappa shape index (κ3) is 4.54. The minimum Gasteiger partial charge on any atom is -0.489 e. The number of ether oxygens (including phenoxy) is 1. The number of anilines is 6. The molecular weight excluding hydrogens is 456 g/mol. The van der Waals surface area contributed by atoms with Crippen LogP contribution in [0.25, 0.3) is 0 Å². The number of amides is 1. The summed E-state index contributed by atoms with van der Waals surface area (Å²) in [4.78, 5) is 28.1. The summed E-state index contributed by atoms with van der Waals surface area (Å²) in [5, 5.41) is 13.2. The van der Waals surface area contributed by atoms with Crippen molar-refractivity contribution in [2.75, 3.05) is 47.2 Å². The van der Waals surface area contributed by atoms with Crippen molar-refractivity contribution in [2.24, 2.45) is 0 Å². The van der Waals surface area contributed by atoms with Crippen LogP contribution in [-0.2, 0) is 0 Å². The van der Waals surface area contributed by atoms with Gasteiger partial charge in [0.2, 0.25) is 5.95 Å². The third-order valence-corrected chi connectivity index (χ3v) is 6.63. The number of hydrogen-bond acceptors (Lipinski definition) is 8. The van der Waals surface area contributed by atoms with Crippen molar-refractivity contribution >= 4 is 40.4 Å². The van der Waals surface area contributed by atoms with E-state index in [-0.39, 0.29) is 18.1 Å². The maximum absolute atomic E-state index is 13.0. The van der Waals surface area contributed by atoms with Crippen molar-refractivity contribution in [1.82, 2.24) is 9.97 Å². The lowest BCUT2D eigenvalue weighted by atomic mass is 10.1. The summed E-state index contributed by atoms with van der Waals surface area (Å²) in [7, 11) is 3.64. The molecule has 1 saturated heterocycles. The normalized spacial score (nSPS) is 16.1. The molecule has 0 unspecified atom stereocenters. The topological polar surface area (TPSA) is 94.1 Å². The van der Waals surface area contributed by atoms with Crippen LogP contribution in [0.3, 0.4) is 0 Å². The number of fused-ring (bicyclic) bond motifs is 2. The molecule has 1 aromatic heterocycles. The Morgan fingerprint density at radius 2 is 1.81 bits per heavy atom. The monoisotopic (exact) mass is 488 g/mol. The maximum atomic E-state index is 13.0. The van der Waals surface area contributed by atoms with Crippen molar-refractivity contribution in [3.05, 3.63) is 54.2 Å². The van der Waals surface area contributed by atoms with Crippen molar-refractivity contribution < 1.29 is 14.6 Å². The second-order valence-corrected chi connectivity index (χ2v) is 9.53. The third-order valence-electron chi connectivity index (χ3n) is 6.63. The lowest BCUT2D eigenvalue weighted by Crippen LogP contribution is -2.35. The number of aromatic nitrogens is 2. The molecule has 9 nitrogen and oxygen atoms in total. The highest BCUT2D eigenvalue weighted by Gasteiger charge is 2.29. The number of rotatable bonds is 5. The molecule has 0 atom stereocenters. The van der Waals surface area contributed by atoms with Gasteiger partial charge in [-0.25, -0.2) is 4.98 Å². The van der Waals surface area contributed by atoms with E-state index in [1.54, 1.807) is 18.1 Å². The van der Waals surface area contributed by atoms with Crippen molar-refractivity contribution in [1.29, 1.82) is 0 Å². The first-order valence-electron chi connectivity index (χ1n) is 12.3. The maximum Gasteiger partial charge on any atom is 0.260 e. The van der Waals surface area contributed by atoms with Crippen LogP contribution in [-0.4, -0.2) is 60.4 Å². The number of piperidine rings is 1. The summed E-state index contributed by atoms with van der Waals surface area (Å²) in [6, 6.07) is 13.6. The number of carbonyl (C=O) groups is 1. The van der Waals surface area contributed by atoms with Gasteiger partial charge in [-0.1, -0.05) is 12.1 Å². The van der Waals surface area contributed by atoms with Gasteiger partial charge < -0.3 is 29.9 Å². The summed E-state index contributed by atoms with van der Waals surface area (Å²) >= 11 is 0. The molecule has 0 bridgehead atoms. The Morgan fingerprint density at radius 1 is 1.06 bits per heavy atom. The summed E-state index contributed by atoms with van der Waals surface area (Å²) in [6.45, 7) is 5.60. The number of para-hydroxylation sites is 1. The second kappa shape index (κ2) is 9.66. The Hall–Kier alpha value is -3.85. The van der Waals surface area contributed by atoms with E-state index >= 15 is 0 Å². The molecule has 2 aromatic carbocycles. The number of nitrogens with zero attached hydrogens (tertiary/aromatic N) is 5. The molecule has 188 valence electrons. The zero-order valence-electron chi connectivity index (χ0n) is 21.1. The van der Waals surface area contributed by atoms with E-state index in [1.807, 2.05) is 68.3 Å². The van der Waals surface area contributed by atoms with Crippen LogP contribution in [0.2, 0.25) is 0 Å². The van der Waals surface area contributed by atoms with Gasteiger partial charge in [0.15, 0.2) is 5.82 Å². The number of aliphatic hydroxyl groups is 1. The van der Waals surface area contributed by atoms with E-state index in [0.29, 0.717) is 28.8 Å². The molecule has 2 aliphatic rings. The highest BCUT2D eigenvalue weighted by Crippen LogP contribution is 2.39. The van der Waals surface area contributed by atoms with E-state index in [2.05, 4.69) is 15.2 Å². The largest absolute Gasteiger partial charge is 0.489 e. The highest BCUT2D eigenvalue weighted by molar-refractivity contribution is 6.13. The van der Waals surface area contributed by atoms with Gasteiger partial charge >= 0.3 is 0 Å². The average molecular weight is 489 g/mol. The van der Waals surface area contributed by atoms with Crippen molar-refractivity contribution in [3.8, 4) is 5.75 Å². The molecule has 36 heavy (non-hydrogen) atoms. The Labute approximate surface area is 211 Å². The van der Waals surface area contributed by atoms with Crippen LogP contribution >= 0.6 is 0 Å². The predicted octanol–water partition coefficient (Wildman–Crippen LogP) is 4.33. The zero-order chi connectivity index (χ0) is 25.4. The molecule has 0 aliphatic carbocycles. The van der Waals surface area contributed by atoms with E-state index in [9.17, 15) is 9.90 Å². The lowest BCUT2D eigenvalue weighted by molar-refractivity contribution is 0.0994. The number of carbonyl (C=O) groups excluding carboxylic acids is 1. The number of benzene rings is 2. The van der Waals surface area contributed by atoms with Gasteiger partial charge in [0, 0.05) is 38.9 Å². The first-order chi connectivity index (χ1) is 17.3. The Kier molecular flexibility index (Phi) is 6.40. The molecule has 2 N–H and O–H groups in total. The van der Waals surface area contributed by atoms with Gasteiger partial charge in [-0.05, 0) is 51.0 Å². The van der Waals surface area contributed by atoms with E-state index in [1.165, 1.54) is 0 Å². The number of aliphatic hydroxyl groups excluding tert-OH is 1. The summed E-state index contributed by atoms with van der Waals surface area (Å²) in [5.41, 5.74) is 3.85. The van der Waals surface area contributed by atoms with Gasteiger partial charge in [0.05, 0.1) is 35.3 Å². The molecular formula is C27H32N6O3. The molecule has 1 amide bonds. The molecule has 0 spiro atoms. The lowest BCUT2D eigenvalue weighted by Gasteiger charge is -2.32. The first-order valence-corrected chi connectivity index (χ1v) is 12.3. The van der Waals surface area contributed by atoms with Crippen molar-refractivity contribution in [2.45, 2.75) is 38.9 Å². The SMILES string of the molecule is CC(C)Oc1cc(N2CCC(O)CC2)ccc1Nc1ncc2c(n1)N(C)c1ccccc1C(=O)N2C. The fourth-order valence-corrected chi connectivity index (χ4v) is 4.67. The van der Waals surface area contributed by atoms with Crippen LogP contribution in [0.1, 0.15) is 37.0 Å². The molecule has 5 rings (SSSR count). The molecule has 9 heteroatoms. The minimum absolute atomic E-state index is 0.0146. The summed E-state index contributed by atoms with van der Waals surface area (Å²) in [6.07, 6.45) is 2.95. The number of hydrogen-bond donors (Lipinski definition) is 2. The van der Waals surface area contributed by atoms with E-state index < -0.39 is 0 Å². The van der Waals surface area contributed by atoms with Gasteiger partial charge in [-0.2, -0.15) is 4.98 Å². The quantitative estimate of drug-likeness (QED) is 0.548. The predicted molar refractivity (Wildman–Crippen MR) is 142 cm³/mol. The fourth-order valence-electron chi connectivity index (χ4n) is 4.67. The van der Waals surface area contributed by atoms with Crippen LogP contribution in [0.15, 0.2) is 48.7 Å². The summed E-state index contributed by atoms with van der Waals surface area (Å²) < 4.78 is 6.14. The van der Waals surface area contributed by atoms with Crippen LogP contribution in [0.5, 0.6) is 5.75 Å². The van der Waals surface area contributed by atoms with Gasteiger partial charge in [-0.3, -0.25) is 4.79 Å². The zero-order valence-corrected chi connectivity index (χ0v) is 21.1. The first kappa shape index (κ1) is 23.9. The molecule has 3 aromatic rings. The van der Waals surface area contributed by atoms with E-state index in [0.717, 1.165) is 43.0 Å². The Morgan fingerprint density at radius 3 is 2.56 bits per heavy atom. The van der Waals surface area contributed by atoms with E-state index in [4.69, 9.17) is 9.72 Å². The van der Waals surface area contributed by atoms with Gasteiger partial charge in [0.1, 0.15) is 11.4 Å². The number of nitrogens with one attached hydrogen (secondary N) is 1. The summed E-state index contributed by atoms with van der Waals surface area (Å²) in [5.74, 6) is 1.64. The smallest absolute Gasteiger partial charge is 0.260 e. The van der Waals surface area contributed by atoms with Crippen LogP contribution in [0, 0.1) is 0 Å². The Balaban J connectivity index is 1.47. The van der Waals surface area contributed by atoms with Crippen LogP contribution in [0.4, 0.5) is 34.5 Å². The fraction of sp³-hybridized carbons (Fsp3) is 0.370. The molecule has 0 radical (unpaired) electrons. The van der Waals surface area contributed by atoms with Gasteiger partial charge in [-0.15, -0.1) is 0 Å². The Bertz CT molecular complexity index is 1270. The highest BCUT2D eigenvalue weighted by atomic mass is 16.5. The molecule has 1 fully saturated rings. The second-order valence-electron chi connectivity index (χ2n) is 9.53. The van der Waals surface area contributed by atoms with Crippen LogP contribution < -0.4 is 24.8 Å². The average Bonchev–Trinajstić information content (AvgIpc) is 2.95. The molecule has 3 heterocycles. The molecule has 0 saturated carbocycles.